The smallest absolute Gasteiger partial charge is 0.126 e. The largest absolute Gasteiger partial charge is 0.464 e. The van der Waals surface area contributed by atoms with Crippen LogP contribution in [0.1, 0.15) is 41.2 Å². The predicted octanol–water partition coefficient (Wildman–Crippen LogP) is 3.91. The third-order valence-electron chi connectivity index (χ3n) is 2.77. The zero-order chi connectivity index (χ0) is 12.3. The van der Waals surface area contributed by atoms with Crippen molar-refractivity contribution in [3.05, 3.63) is 45.5 Å². The van der Waals surface area contributed by atoms with E-state index in [1.54, 1.807) is 0 Å². The zero-order valence-corrected chi connectivity index (χ0v) is 11.4. The van der Waals surface area contributed by atoms with Gasteiger partial charge in [-0.05, 0) is 44.2 Å². The molecule has 0 amide bonds. The minimum Gasteiger partial charge on any atom is -0.464 e. The highest BCUT2D eigenvalue weighted by atomic mass is 32.1. The SMILES string of the molecule is CCNC(c1ccc(C)o1)c1ccc(CC)s1. The van der Waals surface area contributed by atoms with Gasteiger partial charge in [0.25, 0.3) is 0 Å². The van der Waals surface area contributed by atoms with Crippen LogP contribution in [0.15, 0.2) is 28.7 Å². The second kappa shape index (κ2) is 5.52. The summed E-state index contributed by atoms with van der Waals surface area (Å²) < 4.78 is 5.74. The van der Waals surface area contributed by atoms with Crippen molar-refractivity contribution in [1.82, 2.24) is 5.32 Å². The Morgan fingerprint density at radius 2 is 2.06 bits per heavy atom. The molecule has 17 heavy (non-hydrogen) atoms. The molecule has 1 unspecified atom stereocenters. The lowest BCUT2D eigenvalue weighted by Gasteiger charge is -2.13. The van der Waals surface area contributed by atoms with Gasteiger partial charge in [0.05, 0.1) is 0 Å². The fraction of sp³-hybridized carbons (Fsp3) is 0.429. The lowest BCUT2D eigenvalue weighted by molar-refractivity contribution is 0.437. The second-order valence-corrected chi connectivity index (χ2v) is 5.30. The second-order valence-electron chi connectivity index (χ2n) is 4.10. The Balaban J connectivity index is 2.28. The van der Waals surface area contributed by atoms with Gasteiger partial charge in [0.1, 0.15) is 17.6 Å². The minimum atomic E-state index is 0.194. The molecule has 0 aromatic carbocycles. The number of hydrogen-bond acceptors (Lipinski definition) is 3. The van der Waals surface area contributed by atoms with E-state index in [-0.39, 0.29) is 6.04 Å². The van der Waals surface area contributed by atoms with Gasteiger partial charge in [0.2, 0.25) is 0 Å². The van der Waals surface area contributed by atoms with Gasteiger partial charge in [-0.25, -0.2) is 0 Å². The van der Waals surface area contributed by atoms with Crippen molar-refractivity contribution >= 4 is 11.3 Å². The molecule has 0 radical (unpaired) electrons. The van der Waals surface area contributed by atoms with E-state index in [1.807, 2.05) is 24.3 Å². The van der Waals surface area contributed by atoms with E-state index in [0.29, 0.717) is 0 Å². The lowest BCUT2D eigenvalue weighted by Crippen LogP contribution is -2.20. The predicted molar refractivity (Wildman–Crippen MR) is 72.7 cm³/mol. The van der Waals surface area contributed by atoms with Gasteiger partial charge in [-0.15, -0.1) is 11.3 Å². The first-order chi connectivity index (χ1) is 8.24. The molecule has 92 valence electrons. The fourth-order valence-electron chi connectivity index (χ4n) is 1.89. The Morgan fingerprint density at radius 3 is 2.59 bits per heavy atom. The number of thiophene rings is 1. The normalized spacial score (nSPS) is 12.9. The molecular formula is C14H19NOS. The molecule has 0 aliphatic carbocycles. The molecule has 2 heterocycles. The summed E-state index contributed by atoms with van der Waals surface area (Å²) in [5.41, 5.74) is 0. The van der Waals surface area contributed by atoms with E-state index in [4.69, 9.17) is 4.42 Å². The molecular weight excluding hydrogens is 230 g/mol. The molecule has 0 aliphatic rings. The van der Waals surface area contributed by atoms with Crippen LogP contribution >= 0.6 is 11.3 Å². The summed E-state index contributed by atoms with van der Waals surface area (Å²) in [6, 6.07) is 8.69. The van der Waals surface area contributed by atoms with Crippen molar-refractivity contribution in [3.8, 4) is 0 Å². The van der Waals surface area contributed by atoms with Crippen LogP contribution in [0, 0.1) is 6.92 Å². The third kappa shape index (κ3) is 2.79. The highest BCUT2D eigenvalue weighted by Gasteiger charge is 2.18. The molecule has 3 heteroatoms. The Labute approximate surface area is 107 Å². The van der Waals surface area contributed by atoms with Gasteiger partial charge in [-0.3, -0.25) is 0 Å². The molecule has 1 atom stereocenters. The summed E-state index contributed by atoms with van der Waals surface area (Å²) in [5, 5.41) is 3.48. The monoisotopic (exact) mass is 249 g/mol. The van der Waals surface area contributed by atoms with Crippen LogP contribution in [0.4, 0.5) is 0 Å². The minimum absolute atomic E-state index is 0.194. The standard InChI is InChI=1S/C14H19NOS/c1-4-11-7-9-13(17-11)14(15-5-2)12-8-6-10(3)16-12/h6-9,14-15H,4-5H2,1-3H3. The summed E-state index contributed by atoms with van der Waals surface area (Å²) in [4.78, 5) is 2.75. The van der Waals surface area contributed by atoms with Gasteiger partial charge < -0.3 is 9.73 Å². The van der Waals surface area contributed by atoms with E-state index < -0.39 is 0 Å². The van der Waals surface area contributed by atoms with Crippen LogP contribution < -0.4 is 5.32 Å². The molecule has 1 N–H and O–H groups in total. The summed E-state index contributed by atoms with van der Waals surface area (Å²) in [6.45, 7) is 7.23. The van der Waals surface area contributed by atoms with E-state index >= 15 is 0 Å². The fourth-order valence-corrected chi connectivity index (χ4v) is 2.93. The first-order valence-corrected chi connectivity index (χ1v) is 6.94. The highest BCUT2D eigenvalue weighted by Crippen LogP contribution is 2.29. The molecule has 2 aromatic heterocycles. The maximum Gasteiger partial charge on any atom is 0.126 e. The van der Waals surface area contributed by atoms with Crippen molar-refractivity contribution in [2.75, 3.05) is 6.54 Å². The molecule has 0 spiro atoms. The Bertz CT molecular complexity index is 472. The first kappa shape index (κ1) is 12.4. The number of aryl methyl sites for hydroxylation is 2. The van der Waals surface area contributed by atoms with Gasteiger partial charge in [0.15, 0.2) is 0 Å². The summed E-state index contributed by atoms with van der Waals surface area (Å²) >= 11 is 1.86. The molecule has 0 bridgehead atoms. The molecule has 0 aliphatic heterocycles. The highest BCUT2D eigenvalue weighted by molar-refractivity contribution is 7.12. The quantitative estimate of drug-likeness (QED) is 0.869. The van der Waals surface area contributed by atoms with Gasteiger partial charge in [-0.1, -0.05) is 13.8 Å². The number of nitrogens with one attached hydrogen (secondary N) is 1. The molecule has 0 saturated heterocycles. The number of hydrogen-bond donors (Lipinski definition) is 1. The summed E-state index contributed by atoms with van der Waals surface area (Å²) in [6.07, 6.45) is 1.10. The Morgan fingerprint density at radius 1 is 1.24 bits per heavy atom. The average molecular weight is 249 g/mol. The van der Waals surface area contributed by atoms with Crippen LogP contribution in [-0.2, 0) is 6.42 Å². The van der Waals surface area contributed by atoms with E-state index in [1.165, 1.54) is 9.75 Å². The lowest BCUT2D eigenvalue weighted by atomic mass is 10.2. The van der Waals surface area contributed by atoms with Crippen LogP contribution in [0.5, 0.6) is 0 Å². The first-order valence-electron chi connectivity index (χ1n) is 6.13. The van der Waals surface area contributed by atoms with E-state index in [2.05, 4.69) is 37.4 Å². The Hall–Kier alpha value is -1.06. The molecule has 2 rings (SSSR count). The maximum absolute atomic E-state index is 5.74. The Kier molecular flexibility index (Phi) is 4.02. The van der Waals surface area contributed by atoms with Crippen LogP contribution in [0.2, 0.25) is 0 Å². The molecule has 0 saturated carbocycles. The van der Waals surface area contributed by atoms with Crippen molar-refractivity contribution in [2.24, 2.45) is 0 Å². The van der Waals surface area contributed by atoms with E-state index in [9.17, 15) is 0 Å². The molecule has 0 fully saturated rings. The van der Waals surface area contributed by atoms with Crippen molar-refractivity contribution in [2.45, 2.75) is 33.2 Å². The number of furan rings is 1. The van der Waals surface area contributed by atoms with Crippen molar-refractivity contribution in [1.29, 1.82) is 0 Å². The van der Waals surface area contributed by atoms with Gasteiger partial charge in [-0.2, -0.15) is 0 Å². The maximum atomic E-state index is 5.74. The van der Waals surface area contributed by atoms with Crippen LogP contribution in [-0.4, -0.2) is 6.54 Å². The van der Waals surface area contributed by atoms with Crippen LogP contribution in [0.3, 0.4) is 0 Å². The van der Waals surface area contributed by atoms with Gasteiger partial charge >= 0.3 is 0 Å². The third-order valence-corrected chi connectivity index (χ3v) is 4.06. The summed E-state index contributed by atoms with van der Waals surface area (Å²) in [7, 11) is 0. The number of rotatable bonds is 5. The molecule has 2 nitrogen and oxygen atoms in total. The van der Waals surface area contributed by atoms with Crippen molar-refractivity contribution in [3.63, 3.8) is 0 Å². The van der Waals surface area contributed by atoms with Gasteiger partial charge in [0, 0.05) is 9.75 Å². The average Bonchev–Trinajstić information content (AvgIpc) is 2.94. The topological polar surface area (TPSA) is 25.2 Å². The zero-order valence-electron chi connectivity index (χ0n) is 10.6. The van der Waals surface area contributed by atoms with Crippen molar-refractivity contribution < 1.29 is 4.42 Å². The van der Waals surface area contributed by atoms with Crippen LogP contribution in [0.25, 0.3) is 0 Å². The van der Waals surface area contributed by atoms with E-state index in [0.717, 1.165) is 24.5 Å². The molecule has 2 aromatic rings. The summed E-state index contributed by atoms with van der Waals surface area (Å²) in [5.74, 6) is 1.98.